The van der Waals surface area contributed by atoms with Crippen LogP contribution >= 0.6 is 0 Å². The lowest BCUT2D eigenvalue weighted by atomic mass is 10.1. The van der Waals surface area contributed by atoms with E-state index in [1.807, 2.05) is 13.8 Å². The summed E-state index contributed by atoms with van der Waals surface area (Å²) in [4.78, 5) is 21.4. The van der Waals surface area contributed by atoms with Crippen molar-refractivity contribution in [3.8, 4) is 0 Å². The van der Waals surface area contributed by atoms with E-state index in [0.29, 0.717) is 0 Å². The fourth-order valence-electron chi connectivity index (χ4n) is 0.718. The van der Waals surface area contributed by atoms with Gasteiger partial charge in [0.05, 0.1) is 6.04 Å². The summed E-state index contributed by atoms with van der Waals surface area (Å²) in [6, 6.07) is -0.664. The van der Waals surface area contributed by atoms with Gasteiger partial charge in [0.2, 0.25) is 0 Å². The van der Waals surface area contributed by atoms with Crippen molar-refractivity contribution in [2.24, 2.45) is 5.73 Å². The monoisotopic (exact) mass is 203 g/mol. The number of carbonyl (C=O) groups excluding carboxylic acids is 1. The minimum absolute atomic E-state index is 0.101. The molecule has 6 heteroatoms. The first-order valence-electron chi connectivity index (χ1n) is 4.46. The minimum atomic E-state index is -0.954. The summed E-state index contributed by atoms with van der Waals surface area (Å²) in [6.07, 6.45) is 0.0389. The molecule has 0 spiro atoms. The Kier molecular flexibility index (Phi) is 5.82. The zero-order valence-electron chi connectivity index (χ0n) is 8.41. The first-order chi connectivity index (χ1) is 6.43. The summed E-state index contributed by atoms with van der Waals surface area (Å²) in [5.41, 5.74) is 10.5. The van der Waals surface area contributed by atoms with E-state index in [1.165, 1.54) is 0 Å². The van der Waals surface area contributed by atoms with E-state index in [0.717, 1.165) is 0 Å². The molecule has 0 aliphatic heterocycles. The van der Waals surface area contributed by atoms with Crippen LogP contribution < -0.4 is 16.6 Å². The van der Waals surface area contributed by atoms with Crippen LogP contribution in [0.3, 0.4) is 0 Å². The van der Waals surface area contributed by atoms with E-state index in [-0.39, 0.29) is 24.8 Å². The average Bonchev–Trinajstić information content (AvgIpc) is 2.09. The highest BCUT2D eigenvalue weighted by Crippen LogP contribution is 1.93. The maximum absolute atomic E-state index is 11.2. The smallest absolute Gasteiger partial charge is 0.303 e. The fourth-order valence-corrected chi connectivity index (χ4v) is 0.718. The van der Waals surface area contributed by atoms with Crippen LogP contribution in [-0.2, 0) is 9.59 Å². The van der Waals surface area contributed by atoms with Crippen molar-refractivity contribution in [2.45, 2.75) is 38.8 Å². The van der Waals surface area contributed by atoms with Gasteiger partial charge in [-0.15, -0.1) is 0 Å². The third kappa shape index (κ3) is 6.38. The molecule has 0 aliphatic carbocycles. The third-order valence-electron chi connectivity index (χ3n) is 1.49. The van der Waals surface area contributed by atoms with Crippen LogP contribution in [-0.4, -0.2) is 29.1 Å². The Hall–Kier alpha value is -1.14. The molecule has 6 nitrogen and oxygen atoms in total. The number of amides is 1. The van der Waals surface area contributed by atoms with Gasteiger partial charge in [0, 0.05) is 12.5 Å². The van der Waals surface area contributed by atoms with Crippen molar-refractivity contribution in [2.75, 3.05) is 0 Å². The molecule has 1 atom stereocenters. The average molecular weight is 203 g/mol. The molecule has 0 aromatic heterocycles. The molecular formula is C8H17N3O3. The lowest BCUT2D eigenvalue weighted by Crippen LogP contribution is -2.49. The summed E-state index contributed by atoms with van der Waals surface area (Å²) < 4.78 is 0. The first kappa shape index (κ1) is 12.9. The maximum Gasteiger partial charge on any atom is 0.303 e. The highest BCUT2D eigenvalue weighted by molar-refractivity contribution is 5.81. The second kappa shape index (κ2) is 6.33. The molecular weight excluding hydrogens is 186 g/mol. The largest absolute Gasteiger partial charge is 0.481 e. The van der Waals surface area contributed by atoms with Gasteiger partial charge < -0.3 is 10.8 Å². The predicted octanol–water partition coefficient (Wildman–Crippen LogP) is -0.792. The third-order valence-corrected chi connectivity index (χ3v) is 1.49. The zero-order valence-corrected chi connectivity index (χ0v) is 8.41. The highest BCUT2D eigenvalue weighted by atomic mass is 16.4. The molecule has 0 saturated heterocycles. The Morgan fingerprint density at radius 1 is 1.43 bits per heavy atom. The molecule has 0 aromatic carbocycles. The Morgan fingerprint density at radius 2 is 2.00 bits per heavy atom. The molecule has 82 valence electrons. The SMILES string of the molecule is CC(C)NNC(=O)[C@H](N)CCC(=O)O. The Bertz CT molecular complexity index is 206. The lowest BCUT2D eigenvalue weighted by Gasteiger charge is -2.13. The maximum atomic E-state index is 11.2. The second-order valence-corrected chi connectivity index (χ2v) is 3.33. The van der Waals surface area contributed by atoms with E-state index in [1.54, 1.807) is 0 Å². The molecule has 5 N–H and O–H groups in total. The summed E-state index contributed by atoms with van der Waals surface area (Å²) in [5.74, 6) is -1.34. The molecule has 14 heavy (non-hydrogen) atoms. The summed E-state index contributed by atoms with van der Waals surface area (Å²) in [7, 11) is 0. The van der Waals surface area contributed by atoms with Gasteiger partial charge in [-0.25, -0.2) is 5.43 Å². The summed E-state index contributed by atoms with van der Waals surface area (Å²) in [5, 5.41) is 8.36. The standard InChI is InChI=1S/C8H17N3O3/c1-5(2)10-11-8(14)6(9)3-4-7(12)13/h5-6,10H,3-4,9H2,1-2H3,(H,11,14)(H,12,13)/t6-/m1/s1. The van der Waals surface area contributed by atoms with Crippen LogP contribution in [0.4, 0.5) is 0 Å². The molecule has 0 aliphatic rings. The van der Waals surface area contributed by atoms with E-state index < -0.39 is 12.0 Å². The molecule has 0 aromatic rings. The van der Waals surface area contributed by atoms with Crippen LogP contribution in [0.15, 0.2) is 0 Å². The predicted molar refractivity (Wildman–Crippen MR) is 51.3 cm³/mol. The summed E-state index contributed by atoms with van der Waals surface area (Å²) in [6.45, 7) is 3.73. The summed E-state index contributed by atoms with van der Waals surface area (Å²) >= 11 is 0. The Labute approximate surface area is 82.8 Å². The van der Waals surface area contributed by atoms with Crippen LogP contribution in [0.5, 0.6) is 0 Å². The quantitative estimate of drug-likeness (QED) is 0.423. The van der Waals surface area contributed by atoms with Gasteiger partial charge in [0.1, 0.15) is 0 Å². The number of nitrogens with one attached hydrogen (secondary N) is 2. The van der Waals surface area contributed by atoms with Crippen molar-refractivity contribution in [1.29, 1.82) is 0 Å². The number of carbonyl (C=O) groups is 2. The van der Waals surface area contributed by atoms with Crippen LogP contribution in [0.1, 0.15) is 26.7 Å². The first-order valence-corrected chi connectivity index (χ1v) is 4.46. The molecule has 0 fully saturated rings. The van der Waals surface area contributed by atoms with E-state index in [4.69, 9.17) is 10.8 Å². The number of hydrazine groups is 1. The Morgan fingerprint density at radius 3 is 2.43 bits per heavy atom. The normalized spacial score (nSPS) is 12.6. The number of hydrogen-bond donors (Lipinski definition) is 4. The second-order valence-electron chi connectivity index (χ2n) is 3.33. The van der Waals surface area contributed by atoms with Gasteiger partial charge in [0.25, 0.3) is 5.91 Å². The van der Waals surface area contributed by atoms with Crippen molar-refractivity contribution >= 4 is 11.9 Å². The fraction of sp³-hybridized carbons (Fsp3) is 0.750. The van der Waals surface area contributed by atoms with Gasteiger partial charge in [-0.3, -0.25) is 15.0 Å². The molecule has 0 heterocycles. The van der Waals surface area contributed by atoms with E-state index in [9.17, 15) is 9.59 Å². The number of carboxylic acid groups (broad SMARTS) is 1. The topological polar surface area (TPSA) is 104 Å². The van der Waals surface area contributed by atoms with Crippen molar-refractivity contribution in [3.05, 3.63) is 0 Å². The number of aliphatic carboxylic acids is 1. The van der Waals surface area contributed by atoms with Gasteiger partial charge in [-0.1, -0.05) is 0 Å². The molecule has 0 radical (unpaired) electrons. The van der Waals surface area contributed by atoms with E-state index >= 15 is 0 Å². The van der Waals surface area contributed by atoms with Crippen LogP contribution in [0, 0.1) is 0 Å². The van der Waals surface area contributed by atoms with Gasteiger partial charge in [-0.05, 0) is 20.3 Å². The van der Waals surface area contributed by atoms with Crippen molar-refractivity contribution in [1.82, 2.24) is 10.9 Å². The molecule has 0 saturated carbocycles. The van der Waals surface area contributed by atoms with Gasteiger partial charge in [0.15, 0.2) is 0 Å². The zero-order chi connectivity index (χ0) is 11.1. The minimum Gasteiger partial charge on any atom is -0.481 e. The van der Waals surface area contributed by atoms with Crippen LogP contribution in [0.2, 0.25) is 0 Å². The number of rotatable bonds is 6. The van der Waals surface area contributed by atoms with Crippen LogP contribution in [0.25, 0.3) is 0 Å². The van der Waals surface area contributed by atoms with Crippen molar-refractivity contribution in [3.63, 3.8) is 0 Å². The highest BCUT2D eigenvalue weighted by Gasteiger charge is 2.14. The van der Waals surface area contributed by atoms with E-state index in [2.05, 4.69) is 10.9 Å². The Balaban J connectivity index is 3.70. The number of hydrogen-bond acceptors (Lipinski definition) is 4. The van der Waals surface area contributed by atoms with Gasteiger partial charge in [-0.2, -0.15) is 0 Å². The molecule has 1 amide bonds. The molecule has 0 bridgehead atoms. The number of nitrogens with two attached hydrogens (primary N) is 1. The molecule has 0 unspecified atom stereocenters. The number of carboxylic acids is 1. The van der Waals surface area contributed by atoms with Crippen molar-refractivity contribution < 1.29 is 14.7 Å². The molecule has 0 rings (SSSR count). The van der Waals surface area contributed by atoms with Gasteiger partial charge >= 0.3 is 5.97 Å². The lowest BCUT2D eigenvalue weighted by molar-refractivity contribution is -0.137.